The van der Waals surface area contributed by atoms with Gasteiger partial charge >= 0.3 is 5.97 Å². The molecule has 0 aromatic heterocycles. The van der Waals surface area contributed by atoms with E-state index in [1.807, 2.05) is 0 Å². The number of nitrogens with two attached hydrogens (primary N) is 1. The van der Waals surface area contributed by atoms with Gasteiger partial charge in [-0.2, -0.15) is 0 Å². The van der Waals surface area contributed by atoms with Gasteiger partial charge in [-0.3, -0.25) is 9.59 Å². The van der Waals surface area contributed by atoms with Crippen LogP contribution in [0.25, 0.3) is 0 Å². The Kier molecular flexibility index (Phi) is 5.02. The minimum Gasteiger partial charge on any atom is -0.484 e. The van der Waals surface area contributed by atoms with Gasteiger partial charge in [-0.05, 0) is 42.5 Å². The van der Waals surface area contributed by atoms with Crippen molar-refractivity contribution >= 4 is 17.7 Å². The zero-order valence-electron chi connectivity index (χ0n) is 13.6. The lowest BCUT2D eigenvalue weighted by molar-refractivity contribution is -0.119. The zero-order chi connectivity index (χ0) is 18.5. The number of ether oxygens (including phenoxy) is 4. The maximum absolute atomic E-state index is 12.1. The monoisotopic (exact) mass is 357 g/mol. The minimum atomic E-state index is -0.652. The van der Waals surface area contributed by atoms with Gasteiger partial charge in [0.05, 0.1) is 5.56 Å². The lowest BCUT2D eigenvalue weighted by atomic mass is 10.1. The largest absolute Gasteiger partial charge is 0.484 e. The van der Waals surface area contributed by atoms with Gasteiger partial charge in [-0.1, -0.05) is 0 Å². The van der Waals surface area contributed by atoms with Crippen molar-refractivity contribution in [2.75, 3.05) is 20.0 Å². The molecule has 2 aromatic rings. The Morgan fingerprint density at radius 1 is 0.923 bits per heavy atom. The zero-order valence-corrected chi connectivity index (χ0v) is 13.6. The predicted molar refractivity (Wildman–Crippen MR) is 88.3 cm³/mol. The number of carbonyl (C=O) groups excluding carboxylic acids is 3. The van der Waals surface area contributed by atoms with E-state index < -0.39 is 18.5 Å². The van der Waals surface area contributed by atoms with Crippen molar-refractivity contribution in [1.82, 2.24) is 0 Å². The summed E-state index contributed by atoms with van der Waals surface area (Å²) in [6.07, 6.45) is 0. The molecule has 0 unspecified atom stereocenters. The fraction of sp³-hybridized carbons (Fsp3) is 0.167. The highest BCUT2D eigenvalue weighted by Gasteiger charge is 2.17. The average molecular weight is 357 g/mol. The normalized spacial score (nSPS) is 11.7. The Hall–Kier alpha value is -3.55. The summed E-state index contributed by atoms with van der Waals surface area (Å²) in [4.78, 5) is 34.8. The number of benzene rings is 2. The molecule has 0 atom stereocenters. The summed E-state index contributed by atoms with van der Waals surface area (Å²) >= 11 is 0. The second kappa shape index (κ2) is 7.56. The Morgan fingerprint density at radius 2 is 1.62 bits per heavy atom. The van der Waals surface area contributed by atoms with Gasteiger partial charge in [0.25, 0.3) is 5.91 Å². The highest BCUT2D eigenvalue weighted by Crippen LogP contribution is 2.32. The number of rotatable bonds is 7. The molecule has 1 heterocycles. The molecule has 0 saturated carbocycles. The molecule has 0 fully saturated rings. The Bertz CT molecular complexity index is 845. The van der Waals surface area contributed by atoms with E-state index in [1.165, 1.54) is 24.3 Å². The van der Waals surface area contributed by atoms with E-state index >= 15 is 0 Å². The quantitative estimate of drug-likeness (QED) is 0.587. The van der Waals surface area contributed by atoms with Crippen LogP contribution in [0.3, 0.4) is 0 Å². The molecule has 2 aromatic carbocycles. The van der Waals surface area contributed by atoms with Crippen LogP contribution >= 0.6 is 0 Å². The number of primary amides is 1. The molecule has 26 heavy (non-hydrogen) atoms. The second-order valence-electron chi connectivity index (χ2n) is 5.35. The summed E-state index contributed by atoms with van der Waals surface area (Å²) < 4.78 is 20.5. The van der Waals surface area contributed by atoms with E-state index in [0.29, 0.717) is 22.8 Å². The van der Waals surface area contributed by atoms with Crippen LogP contribution in [-0.2, 0) is 9.53 Å². The van der Waals surface area contributed by atoms with Crippen LogP contribution in [0.2, 0.25) is 0 Å². The SMILES string of the molecule is NC(=O)COc1ccc(C(=O)OCC(=O)c2ccc3c(c2)OCO3)cc1. The molecule has 0 bridgehead atoms. The van der Waals surface area contributed by atoms with Gasteiger partial charge in [0.1, 0.15) is 5.75 Å². The molecule has 8 nitrogen and oxygen atoms in total. The third-order valence-corrected chi connectivity index (χ3v) is 3.50. The van der Waals surface area contributed by atoms with Crippen LogP contribution in [-0.4, -0.2) is 37.7 Å². The average Bonchev–Trinajstić information content (AvgIpc) is 3.12. The molecule has 0 saturated heterocycles. The summed E-state index contributed by atoms with van der Waals surface area (Å²) in [7, 11) is 0. The first-order valence-electron chi connectivity index (χ1n) is 7.64. The molecule has 2 N–H and O–H groups in total. The van der Waals surface area contributed by atoms with E-state index in [2.05, 4.69) is 0 Å². The van der Waals surface area contributed by atoms with Crippen molar-refractivity contribution < 1.29 is 33.3 Å². The lowest BCUT2D eigenvalue weighted by Crippen LogP contribution is -2.20. The van der Waals surface area contributed by atoms with Gasteiger partial charge in [-0.25, -0.2) is 4.79 Å². The topological polar surface area (TPSA) is 114 Å². The molecule has 134 valence electrons. The molecule has 1 aliphatic rings. The van der Waals surface area contributed by atoms with Gasteiger partial charge < -0.3 is 24.7 Å². The molecule has 0 radical (unpaired) electrons. The van der Waals surface area contributed by atoms with Crippen molar-refractivity contribution in [3.05, 3.63) is 53.6 Å². The highest BCUT2D eigenvalue weighted by atomic mass is 16.7. The van der Waals surface area contributed by atoms with E-state index in [0.717, 1.165) is 0 Å². The van der Waals surface area contributed by atoms with Crippen LogP contribution in [0.5, 0.6) is 17.2 Å². The Morgan fingerprint density at radius 3 is 2.35 bits per heavy atom. The minimum absolute atomic E-state index is 0.112. The van der Waals surface area contributed by atoms with Crippen molar-refractivity contribution in [2.45, 2.75) is 0 Å². The van der Waals surface area contributed by atoms with Gasteiger partial charge in [0.15, 0.2) is 30.5 Å². The van der Waals surface area contributed by atoms with Crippen molar-refractivity contribution in [3.8, 4) is 17.2 Å². The smallest absolute Gasteiger partial charge is 0.338 e. The third-order valence-electron chi connectivity index (χ3n) is 3.50. The van der Waals surface area contributed by atoms with Gasteiger partial charge in [-0.15, -0.1) is 0 Å². The van der Waals surface area contributed by atoms with Gasteiger partial charge in [0, 0.05) is 5.56 Å². The number of Topliss-reactive ketones (excluding diaryl/α,β-unsaturated/α-hetero) is 1. The van der Waals surface area contributed by atoms with Crippen LogP contribution in [0, 0.1) is 0 Å². The fourth-order valence-electron chi connectivity index (χ4n) is 2.21. The molecule has 1 aliphatic heterocycles. The summed E-state index contributed by atoms with van der Waals surface area (Å²) in [6.45, 7) is -0.548. The molecule has 3 rings (SSSR count). The summed E-state index contributed by atoms with van der Waals surface area (Å²) in [5.41, 5.74) is 5.58. The second-order valence-corrected chi connectivity index (χ2v) is 5.35. The Balaban J connectivity index is 1.54. The highest BCUT2D eigenvalue weighted by molar-refractivity contribution is 5.99. The number of esters is 1. The fourth-order valence-corrected chi connectivity index (χ4v) is 2.21. The van der Waals surface area contributed by atoms with Crippen LogP contribution in [0.15, 0.2) is 42.5 Å². The number of hydrogen-bond donors (Lipinski definition) is 1. The van der Waals surface area contributed by atoms with Gasteiger partial charge in [0.2, 0.25) is 6.79 Å². The molecule has 0 spiro atoms. The van der Waals surface area contributed by atoms with E-state index in [1.54, 1.807) is 18.2 Å². The maximum atomic E-state index is 12.1. The maximum Gasteiger partial charge on any atom is 0.338 e. The molecule has 8 heteroatoms. The molecular formula is C18H15NO7. The number of carbonyl (C=O) groups is 3. The third kappa shape index (κ3) is 4.10. The van der Waals surface area contributed by atoms with E-state index in [9.17, 15) is 14.4 Å². The van der Waals surface area contributed by atoms with Crippen LogP contribution in [0.1, 0.15) is 20.7 Å². The lowest BCUT2D eigenvalue weighted by Gasteiger charge is -2.07. The first-order valence-corrected chi connectivity index (χ1v) is 7.64. The number of ketones is 1. The van der Waals surface area contributed by atoms with E-state index in [-0.39, 0.29) is 24.7 Å². The summed E-state index contributed by atoms with van der Waals surface area (Å²) in [6, 6.07) is 10.7. The Labute approximate surface area is 148 Å². The van der Waals surface area contributed by atoms with Crippen LogP contribution in [0.4, 0.5) is 0 Å². The summed E-state index contributed by atoms with van der Waals surface area (Å²) in [5, 5.41) is 0. The van der Waals surface area contributed by atoms with E-state index in [4.69, 9.17) is 24.7 Å². The van der Waals surface area contributed by atoms with Crippen molar-refractivity contribution in [1.29, 1.82) is 0 Å². The standard InChI is InChI=1S/C18H15NO7/c19-17(21)9-23-13-4-1-11(2-5-13)18(22)24-8-14(20)12-3-6-15-16(7-12)26-10-25-15/h1-7H,8-10H2,(H2,19,21). The molecule has 0 aliphatic carbocycles. The van der Waals surface area contributed by atoms with Crippen molar-refractivity contribution in [2.24, 2.45) is 5.73 Å². The first-order chi connectivity index (χ1) is 12.5. The first kappa shape index (κ1) is 17.3. The molecule has 1 amide bonds. The molecular weight excluding hydrogens is 342 g/mol. The predicted octanol–water partition coefficient (Wildman–Crippen LogP) is 1.32. The number of amides is 1. The summed E-state index contributed by atoms with van der Waals surface area (Å²) in [5.74, 6) is -0.183. The number of hydrogen-bond acceptors (Lipinski definition) is 7. The number of fused-ring (bicyclic) bond motifs is 1. The van der Waals surface area contributed by atoms with Crippen LogP contribution < -0.4 is 19.9 Å². The van der Waals surface area contributed by atoms with Crippen molar-refractivity contribution in [3.63, 3.8) is 0 Å².